The van der Waals surface area contributed by atoms with E-state index in [1.54, 1.807) is 6.92 Å². The highest BCUT2D eigenvalue weighted by Gasteiger charge is 2.30. The Morgan fingerprint density at radius 2 is 2.29 bits per heavy atom. The Morgan fingerprint density at radius 3 is 3.00 bits per heavy atom. The van der Waals surface area contributed by atoms with Gasteiger partial charge in [0.25, 0.3) is 5.91 Å². The first-order chi connectivity index (χ1) is 11.6. The lowest BCUT2D eigenvalue weighted by atomic mass is 10.0. The summed E-state index contributed by atoms with van der Waals surface area (Å²) in [5.74, 6) is 1.57. The molecule has 24 heavy (non-hydrogen) atoms. The van der Waals surface area contributed by atoms with Gasteiger partial charge in [-0.3, -0.25) is 4.79 Å². The van der Waals surface area contributed by atoms with Crippen molar-refractivity contribution in [3.63, 3.8) is 0 Å². The van der Waals surface area contributed by atoms with Crippen molar-refractivity contribution < 1.29 is 9.32 Å². The number of likely N-dealkylation sites (N-methyl/N-ethyl adjacent to an activating group) is 1. The molecule has 1 saturated heterocycles. The van der Waals surface area contributed by atoms with Gasteiger partial charge in [0.15, 0.2) is 0 Å². The Balaban J connectivity index is 1.75. The van der Waals surface area contributed by atoms with Crippen LogP contribution in [0.15, 0.2) is 28.9 Å². The van der Waals surface area contributed by atoms with Crippen LogP contribution in [0.25, 0.3) is 0 Å². The monoisotopic (exact) mass is 328 g/mol. The van der Waals surface area contributed by atoms with Crippen molar-refractivity contribution in [3.8, 4) is 0 Å². The second-order valence-electron chi connectivity index (χ2n) is 6.26. The van der Waals surface area contributed by atoms with Crippen LogP contribution in [0.5, 0.6) is 0 Å². The van der Waals surface area contributed by atoms with Crippen molar-refractivity contribution in [3.05, 3.63) is 41.4 Å². The topological polar surface area (TPSA) is 62.5 Å². The minimum Gasteiger partial charge on any atom is -0.361 e. The van der Waals surface area contributed by atoms with Crippen LogP contribution >= 0.6 is 0 Å². The van der Waals surface area contributed by atoms with E-state index in [0.29, 0.717) is 17.7 Å². The second-order valence-corrected chi connectivity index (χ2v) is 6.26. The molecule has 0 spiro atoms. The summed E-state index contributed by atoms with van der Waals surface area (Å²) in [6, 6.07) is 6.09. The number of piperidine rings is 1. The van der Waals surface area contributed by atoms with Gasteiger partial charge >= 0.3 is 0 Å². The van der Waals surface area contributed by atoms with E-state index in [1.165, 1.54) is 0 Å². The van der Waals surface area contributed by atoms with Gasteiger partial charge in [0, 0.05) is 32.4 Å². The van der Waals surface area contributed by atoms with E-state index in [9.17, 15) is 4.79 Å². The number of aromatic nitrogens is 2. The Labute approximate surface area is 142 Å². The van der Waals surface area contributed by atoms with Crippen LogP contribution in [0.4, 0.5) is 5.82 Å². The predicted octanol–water partition coefficient (Wildman–Crippen LogP) is 2.68. The number of anilines is 1. The van der Waals surface area contributed by atoms with Gasteiger partial charge in [-0.15, -0.1) is 0 Å². The predicted molar refractivity (Wildman–Crippen MR) is 92.2 cm³/mol. The standard InChI is InChI=1S/C18H24N4O2/c1-4-15-17(13(2)24-20-15)18(23)21(3)14-8-7-11-22(12-14)16-9-5-6-10-19-16/h5-6,9-10,14H,4,7-8,11-12H2,1-3H3/t14-/m1/s1. The number of carbonyl (C=O) groups is 1. The Kier molecular flexibility index (Phi) is 4.83. The summed E-state index contributed by atoms with van der Waals surface area (Å²) in [5, 5.41) is 4.00. The molecule has 2 aromatic heterocycles. The fraction of sp³-hybridized carbons (Fsp3) is 0.500. The number of pyridine rings is 1. The lowest BCUT2D eigenvalue weighted by molar-refractivity contribution is 0.0714. The van der Waals surface area contributed by atoms with Crippen molar-refractivity contribution in [1.29, 1.82) is 0 Å². The quantitative estimate of drug-likeness (QED) is 0.863. The molecule has 128 valence electrons. The summed E-state index contributed by atoms with van der Waals surface area (Å²) in [6.07, 6.45) is 4.54. The zero-order valence-corrected chi connectivity index (χ0v) is 14.5. The Bertz CT molecular complexity index is 698. The number of hydrogen-bond donors (Lipinski definition) is 0. The molecule has 0 radical (unpaired) electrons. The zero-order chi connectivity index (χ0) is 17.1. The van der Waals surface area contributed by atoms with Gasteiger partial charge in [0.1, 0.15) is 17.1 Å². The summed E-state index contributed by atoms with van der Waals surface area (Å²) in [7, 11) is 1.88. The number of rotatable bonds is 4. The maximum Gasteiger partial charge on any atom is 0.259 e. The first-order valence-corrected chi connectivity index (χ1v) is 8.50. The molecule has 1 aliphatic rings. The van der Waals surface area contributed by atoms with Crippen molar-refractivity contribution >= 4 is 11.7 Å². The maximum atomic E-state index is 12.9. The minimum absolute atomic E-state index is 0.00142. The van der Waals surface area contributed by atoms with E-state index < -0.39 is 0 Å². The van der Waals surface area contributed by atoms with Gasteiger partial charge in [-0.25, -0.2) is 4.98 Å². The van der Waals surface area contributed by atoms with Crippen LogP contribution in [0.1, 0.15) is 41.6 Å². The molecule has 1 atom stereocenters. The van der Waals surface area contributed by atoms with Gasteiger partial charge in [0.2, 0.25) is 0 Å². The second kappa shape index (κ2) is 7.03. The molecule has 1 fully saturated rings. The van der Waals surface area contributed by atoms with Crippen LogP contribution in [0.2, 0.25) is 0 Å². The van der Waals surface area contributed by atoms with Crippen molar-refractivity contribution in [2.75, 3.05) is 25.0 Å². The molecule has 3 rings (SSSR count). The lowest BCUT2D eigenvalue weighted by Gasteiger charge is -2.38. The Morgan fingerprint density at radius 1 is 1.46 bits per heavy atom. The molecule has 0 N–H and O–H groups in total. The third kappa shape index (κ3) is 3.13. The first-order valence-electron chi connectivity index (χ1n) is 8.50. The number of aryl methyl sites for hydroxylation is 2. The highest BCUT2D eigenvalue weighted by Crippen LogP contribution is 2.23. The van der Waals surface area contributed by atoms with Crippen molar-refractivity contribution in [2.45, 2.75) is 39.2 Å². The summed E-state index contributed by atoms with van der Waals surface area (Å²) in [4.78, 5) is 21.5. The Hall–Kier alpha value is -2.37. The number of carbonyl (C=O) groups excluding carboxylic acids is 1. The fourth-order valence-corrected chi connectivity index (χ4v) is 3.30. The summed E-state index contributed by atoms with van der Waals surface area (Å²) >= 11 is 0. The zero-order valence-electron chi connectivity index (χ0n) is 14.5. The van der Waals surface area contributed by atoms with Crippen LogP contribution in [0, 0.1) is 6.92 Å². The van der Waals surface area contributed by atoms with E-state index in [2.05, 4.69) is 15.0 Å². The van der Waals surface area contributed by atoms with Crippen molar-refractivity contribution in [2.24, 2.45) is 0 Å². The smallest absolute Gasteiger partial charge is 0.259 e. The SMILES string of the molecule is CCc1noc(C)c1C(=O)N(C)[C@@H]1CCCN(c2ccccn2)C1. The van der Waals surface area contributed by atoms with Crippen molar-refractivity contribution in [1.82, 2.24) is 15.0 Å². The summed E-state index contributed by atoms with van der Waals surface area (Å²) in [6.45, 7) is 5.55. The molecule has 1 aliphatic heterocycles. The third-order valence-corrected chi connectivity index (χ3v) is 4.72. The first kappa shape index (κ1) is 16.5. The van der Waals surface area contributed by atoms with Crippen LogP contribution in [0.3, 0.4) is 0 Å². The number of hydrogen-bond acceptors (Lipinski definition) is 5. The fourth-order valence-electron chi connectivity index (χ4n) is 3.30. The van der Waals surface area contributed by atoms with Crippen LogP contribution in [-0.2, 0) is 6.42 Å². The van der Waals surface area contributed by atoms with Gasteiger partial charge < -0.3 is 14.3 Å². The molecular formula is C18H24N4O2. The van der Waals surface area contributed by atoms with Crippen LogP contribution in [-0.4, -0.2) is 47.1 Å². The summed E-state index contributed by atoms with van der Waals surface area (Å²) in [5.41, 5.74) is 1.36. The molecule has 0 saturated carbocycles. The number of amides is 1. The molecule has 0 aromatic carbocycles. The molecular weight excluding hydrogens is 304 g/mol. The van der Waals surface area contributed by atoms with E-state index in [-0.39, 0.29) is 11.9 Å². The van der Waals surface area contributed by atoms with E-state index in [0.717, 1.165) is 37.4 Å². The molecule has 6 heteroatoms. The van der Waals surface area contributed by atoms with E-state index >= 15 is 0 Å². The molecule has 0 bridgehead atoms. The van der Waals surface area contributed by atoms with Gasteiger partial charge in [-0.05, 0) is 38.3 Å². The maximum absolute atomic E-state index is 12.9. The molecule has 2 aromatic rings. The molecule has 0 aliphatic carbocycles. The highest BCUT2D eigenvalue weighted by atomic mass is 16.5. The molecule has 6 nitrogen and oxygen atoms in total. The average Bonchev–Trinajstić information content (AvgIpc) is 3.02. The largest absolute Gasteiger partial charge is 0.361 e. The van der Waals surface area contributed by atoms with Gasteiger partial charge in [0.05, 0.1) is 5.69 Å². The normalized spacial score (nSPS) is 17.8. The molecule has 3 heterocycles. The molecule has 1 amide bonds. The van der Waals surface area contributed by atoms with E-state index in [1.807, 2.05) is 43.3 Å². The third-order valence-electron chi connectivity index (χ3n) is 4.72. The highest BCUT2D eigenvalue weighted by molar-refractivity contribution is 5.96. The lowest BCUT2D eigenvalue weighted by Crippen LogP contribution is -2.49. The average molecular weight is 328 g/mol. The van der Waals surface area contributed by atoms with Gasteiger partial charge in [-0.2, -0.15) is 0 Å². The molecule has 0 unspecified atom stereocenters. The summed E-state index contributed by atoms with van der Waals surface area (Å²) < 4.78 is 5.22. The minimum atomic E-state index is -0.00142. The number of nitrogens with zero attached hydrogens (tertiary/aromatic N) is 4. The van der Waals surface area contributed by atoms with Crippen LogP contribution < -0.4 is 4.90 Å². The van der Waals surface area contributed by atoms with E-state index in [4.69, 9.17) is 4.52 Å². The van der Waals surface area contributed by atoms with Gasteiger partial charge in [-0.1, -0.05) is 18.1 Å².